The minimum atomic E-state index is -0.961. The number of amides is 1. The van der Waals surface area contributed by atoms with Gasteiger partial charge in [-0.1, -0.05) is 6.07 Å². The molecule has 1 atom stereocenters. The maximum Gasteiger partial charge on any atom is 0.326 e. The Morgan fingerprint density at radius 3 is 2.90 bits per heavy atom. The second-order valence-electron chi connectivity index (χ2n) is 4.80. The van der Waals surface area contributed by atoms with Crippen LogP contribution in [0.5, 0.6) is 0 Å². The summed E-state index contributed by atoms with van der Waals surface area (Å²) in [7, 11) is 0. The van der Waals surface area contributed by atoms with E-state index in [4.69, 9.17) is 5.11 Å². The van der Waals surface area contributed by atoms with Crippen molar-refractivity contribution >= 4 is 11.9 Å². The predicted molar refractivity (Wildman–Crippen MR) is 70.8 cm³/mol. The first-order chi connectivity index (χ1) is 10.2. The Bertz CT molecular complexity index is 670. The number of carboxylic acid groups (broad SMARTS) is 1. The molecule has 1 saturated heterocycles. The molecule has 1 aromatic carbocycles. The van der Waals surface area contributed by atoms with Crippen molar-refractivity contribution < 1.29 is 14.7 Å². The van der Waals surface area contributed by atoms with E-state index in [2.05, 4.69) is 15.5 Å². The molecule has 21 heavy (non-hydrogen) atoms. The van der Waals surface area contributed by atoms with Crippen LogP contribution in [0.15, 0.2) is 30.6 Å². The number of carbonyl (C=O) groups is 2. The summed E-state index contributed by atoms with van der Waals surface area (Å²) in [6.45, 7) is 0.463. The maximum absolute atomic E-state index is 12.5. The van der Waals surface area contributed by atoms with Crippen molar-refractivity contribution in [3.63, 3.8) is 0 Å². The molecule has 0 spiro atoms. The molecule has 1 aromatic heterocycles. The van der Waals surface area contributed by atoms with Gasteiger partial charge in [0, 0.05) is 12.1 Å². The van der Waals surface area contributed by atoms with Crippen molar-refractivity contribution in [3.05, 3.63) is 36.2 Å². The van der Waals surface area contributed by atoms with Gasteiger partial charge in [-0.3, -0.25) is 4.79 Å². The van der Waals surface area contributed by atoms with Crippen LogP contribution in [-0.4, -0.2) is 54.7 Å². The molecule has 1 aliphatic rings. The lowest BCUT2D eigenvalue weighted by Gasteiger charge is -2.21. The summed E-state index contributed by atoms with van der Waals surface area (Å²) >= 11 is 0. The zero-order valence-electron chi connectivity index (χ0n) is 11.1. The van der Waals surface area contributed by atoms with Crippen molar-refractivity contribution in [1.29, 1.82) is 0 Å². The number of aromatic nitrogens is 4. The third kappa shape index (κ3) is 2.47. The Kier molecular flexibility index (Phi) is 3.35. The van der Waals surface area contributed by atoms with Gasteiger partial charge < -0.3 is 10.0 Å². The lowest BCUT2D eigenvalue weighted by molar-refractivity contribution is -0.141. The maximum atomic E-state index is 12.5. The monoisotopic (exact) mass is 287 g/mol. The van der Waals surface area contributed by atoms with Crippen LogP contribution in [0.1, 0.15) is 23.2 Å². The first-order valence-corrected chi connectivity index (χ1v) is 6.54. The lowest BCUT2D eigenvalue weighted by Crippen LogP contribution is -2.40. The molecule has 1 amide bonds. The Labute approximate surface area is 120 Å². The van der Waals surface area contributed by atoms with E-state index in [9.17, 15) is 9.59 Å². The smallest absolute Gasteiger partial charge is 0.326 e. The summed E-state index contributed by atoms with van der Waals surface area (Å²) in [4.78, 5) is 25.1. The molecule has 0 saturated carbocycles. The van der Waals surface area contributed by atoms with Crippen molar-refractivity contribution in [3.8, 4) is 5.69 Å². The number of carboxylic acids is 1. The van der Waals surface area contributed by atoms with Crippen LogP contribution in [0.25, 0.3) is 5.69 Å². The van der Waals surface area contributed by atoms with E-state index in [1.165, 1.54) is 15.9 Å². The minimum absolute atomic E-state index is 0.283. The van der Waals surface area contributed by atoms with Crippen molar-refractivity contribution in [2.45, 2.75) is 18.9 Å². The van der Waals surface area contributed by atoms with Crippen molar-refractivity contribution in [1.82, 2.24) is 25.1 Å². The van der Waals surface area contributed by atoms with Crippen LogP contribution >= 0.6 is 0 Å². The topological polar surface area (TPSA) is 101 Å². The standard InChI is InChI=1S/C13H13N5O3/c19-12(17-6-2-5-11(17)13(20)21)9-3-1-4-10(7-9)18-8-14-15-16-18/h1,3-4,7-8,11H,2,5-6H2,(H,20,21)/t11-/m0/s1. The van der Waals surface area contributed by atoms with Crippen molar-refractivity contribution in [2.24, 2.45) is 0 Å². The molecule has 0 radical (unpaired) electrons. The summed E-state index contributed by atoms with van der Waals surface area (Å²) in [5, 5.41) is 20.0. The highest BCUT2D eigenvalue weighted by Crippen LogP contribution is 2.21. The number of carbonyl (C=O) groups excluding carboxylic acids is 1. The molecular weight excluding hydrogens is 274 g/mol. The van der Waals surface area contributed by atoms with Gasteiger partial charge in [0.25, 0.3) is 5.91 Å². The van der Waals surface area contributed by atoms with Crippen LogP contribution < -0.4 is 0 Å². The quantitative estimate of drug-likeness (QED) is 0.874. The Morgan fingerprint density at radius 1 is 1.33 bits per heavy atom. The van der Waals surface area contributed by atoms with E-state index in [0.717, 1.165) is 0 Å². The number of nitrogens with zero attached hydrogens (tertiary/aromatic N) is 5. The minimum Gasteiger partial charge on any atom is -0.480 e. The largest absolute Gasteiger partial charge is 0.480 e. The lowest BCUT2D eigenvalue weighted by atomic mass is 10.1. The molecular formula is C13H13N5O3. The van der Waals surface area contributed by atoms with Crippen LogP contribution in [0.3, 0.4) is 0 Å². The highest BCUT2D eigenvalue weighted by Gasteiger charge is 2.34. The van der Waals surface area contributed by atoms with E-state index in [1.807, 2.05) is 0 Å². The number of benzene rings is 1. The molecule has 0 unspecified atom stereocenters. The Hall–Kier alpha value is -2.77. The van der Waals surface area contributed by atoms with E-state index in [-0.39, 0.29) is 5.91 Å². The van der Waals surface area contributed by atoms with Gasteiger partial charge in [-0.05, 0) is 41.5 Å². The molecule has 2 aromatic rings. The van der Waals surface area contributed by atoms with E-state index in [0.29, 0.717) is 30.6 Å². The second-order valence-corrected chi connectivity index (χ2v) is 4.80. The van der Waals surface area contributed by atoms with Gasteiger partial charge in [0.2, 0.25) is 0 Å². The summed E-state index contributed by atoms with van der Waals surface area (Å²) in [6, 6.07) is 6.06. The molecule has 1 fully saturated rings. The average Bonchev–Trinajstić information content (AvgIpc) is 3.17. The normalized spacial score (nSPS) is 17.9. The number of tetrazole rings is 1. The van der Waals surface area contributed by atoms with Gasteiger partial charge in [-0.2, -0.15) is 0 Å². The number of rotatable bonds is 3. The summed E-state index contributed by atoms with van der Waals surface area (Å²) in [5.41, 5.74) is 1.08. The van der Waals surface area contributed by atoms with Gasteiger partial charge in [0.1, 0.15) is 12.4 Å². The predicted octanol–water partition coefficient (Wildman–Crippen LogP) is 0.351. The highest BCUT2D eigenvalue weighted by atomic mass is 16.4. The summed E-state index contributed by atoms with van der Waals surface area (Å²) in [5.74, 6) is -1.24. The zero-order chi connectivity index (χ0) is 14.8. The van der Waals surface area contributed by atoms with Crippen LogP contribution in [0.4, 0.5) is 0 Å². The van der Waals surface area contributed by atoms with Gasteiger partial charge in [0.15, 0.2) is 0 Å². The van der Waals surface area contributed by atoms with Crippen molar-refractivity contribution in [2.75, 3.05) is 6.54 Å². The Balaban J connectivity index is 1.88. The summed E-state index contributed by atoms with van der Waals surface area (Å²) < 4.78 is 1.44. The van der Waals surface area contributed by atoms with Gasteiger partial charge in [-0.25, -0.2) is 9.48 Å². The number of hydrogen-bond acceptors (Lipinski definition) is 5. The fraction of sp³-hybridized carbons (Fsp3) is 0.308. The van der Waals surface area contributed by atoms with Gasteiger partial charge in [0.05, 0.1) is 5.69 Å². The Morgan fingerprint density at radius 2 is 2.19 bits per heavy atom. The molecule has 2 heterocycles. The molecule has 0 bridgehead atoms. The second kappa shape index (κ2) is 5.31. The third-order valence-corrected chi connectivity index (χ3v) is 3.51. The first-order valence-electron chi connectivity index (χ1n) is 6.54. The molecule has 8 heteroatoms. The number of aliphatic carboxylic acids is 1. The molecule has 8 nitrogen and oxygen atoms in total. The zero-order valence-corrected chi connectivity index (χ0v) is 11.1. The molecule has 108 valence electrons. The average molecular weight is 287 g/mol. The van der Waals surface area contributed by atoms with Crippen LogP contribution in [0, 0.1) is 0 Å². The molecule has 1 aliphatic heterocycles. The SMILES string of the molecule is O=C(O)[C@@H]1CCCN1C(=O)c1cccc(-n2cnnn2)c1. The number of likely N-dealkylation sites (tertiary alicyclic amines) is 1. The molecule has 3 rings (SSSR count). The fourth-order valence-corrected chi connectivity index (χ4v) is 2.49. The van der Waals surface area contributed by atoms with Gasteiger partial charge in [-0.15, -0.1) is 5.10 Å². The first kappa shape index (κ1) is 13.2. The molecule has 1 N–H and O–H groups in total. The summed E-state index contributed by atoms with van der Waals surface area (Å²) in [6.07, 6.45) is 2.63. The van der Waals surface area contributed by atoms with E-state index in [1.54, 1.807) is 24.3 Å². The number of hydrogen-bond donors (Lipinski definition) is 1. The van der Waals surface area contributed by atoms with E-state index < -0.39 is 12.0 Å². The van der Waals surface area contributed by atoms with Crippen LogP contribution in [-0.2, 0) is 4.79 Å². The van der Waals surface area contributed by atoms with Crippen LogP contribution in [0.2, 0.25) is 0 Å². The van der Waals surface area contributed by atoms with E-state index >= 15 is 0 Å². The highest BCUT2D eigenvalue weighted by molar-refractivity contribution is 5.97. The van der Waals surface area contributed by atoms with Gasteiger partial charge >= 0.3 is 5.97 Å². The molecule has 0 aliphatic carbocycles. The third-order valence-electron chi connectivity index (χ3n) is 3.51. The fourth-order valence-electron chi connectivity index (χ4n) is 2.49.